The standard InChI is InChI=1S/C27H26N4O4S/c1-4-11-30-25(32)23-22(17-8-6-10-19(14-17)35-3)20(15-28)24(29)31-26(33)21(36-27(23)31)13-16-7-5-9-18(12-16)34-2/h5-10,12-14,22H,4,11,29H2,1-3H3,(H,30,32)/b21-13+. The fourth-order valence-corrected chi connectivity index (χ4v) is 5.31. The predicted octanol–water partition coefficient (Wildman–Crippen LogP) is 1.88. The Morgan fingerprint density at radius 2 is 1.89 bits per heavy atom. The van der Waals surface area contributed by atoms with Crippen LogP contribution in [0.2, 0.25) is 0 Å². The number of carbonyl (C=O) groups excluding carboxylic acids is 1. The monoisotopic (exact) mass is 502 g/mol. The zero-order valence-corrected chi connectivity index (χ0v) is 21.0. The summed E-state index contributed by atoms with van der Waals surface area (Å²) in [6.45, 7) is 2.40. The molecule has 1 aliphatic heterocycles. The minimum absolute atomic E-state index is 0.0129. The van der Waals surface area contributed by atoms with Crippen LogP contribution in [0.15, 0.2) is 58.9 Å². The van der Waals surface area contributed by atoms with Gasteiger partial charge in [-0.15, -0.1) is 11.3 Å². The van der Waals surface area contributed by atoms with Gasteiger partial charge in [-0.25, -0.2) is 0 Å². The summed E-state index contributed by atoms with van der Waals surface area (Å²) in [5.41, 5.74) is 7.89. The van der Waals surface area contributed by atoms with Gasteiger partial charge in [0.05, 0.1) is 41.9 Å². The first-order valence-electron chi connectivity index (χ1n) is 11.4. The van der Waals surface area contributed by atoms with Gasteiger partial charge in [-0.2, -0.15) is 5.26 Å². The summed E-state index contributed by atoms with van der Waals surface area (Å²) in [5.74, 6) is 0.134. The summed E-state index contributed by atoms with van der Waals surface area (Å²) >= 11 is 1.17. The van der Waals surface area contributed by atoms with Gasteiger partial charge >= 0.3 is 0 Å². The molecule has 1 unspecified atom stereocenters. The van der Waals surface area contributed by atoms with Crippen LogP contribution in [-0.4, -0.2) is 31.2 Å². The molecule has 0 saturated heterocycles. The average molecular weight is 503 g/mol. The molecule has 184 valence electrons. The Labute approximate surface area is 212 Å². The second kappa shape index (κ2) is 10.5. The van der Waals surface area contributed by atoms with Crippen LogP contribution in [0.25, 0.3) is 17.5 Å². The van der Waals surface area contributed by atoms with E-state index in [2.05, 4.69) is 11.4 Å². The summed E-state index contributed by atoms with van der Waals surface area (Å²) in [6, 6.07) is 16.6. The van der Waals surface area contributed by atoms with Crippen molar-refractivity contribution < 1.29 is 14.3 Å². The number of nitrogens with one attached hydrogen (secondary N) is 1. The molecule has 4 rings (SSSR count). The molecule has 36 heavy (non-hydrogen) atoms. The lowest BCUT2D eigenvalue weighted by Gasteiger charge is -2.25. The zero-order chi connectivity index (χ0) is 25.8. The molecule has 0 fully saturated rings. The number of hydrogen-bond acceptors (Lipinski definition) is 7. The lowest BCUT2D eigenvalue weighted by molar-refractivity contribution is -0.115. The first kappa shape index (κ1) is 24.8. The fraction of sp³-hybridized carbons (Fsp3) is 0.222. The number of thiazole rings is 1. The van der Waals surface area contributed by atoms with Gasteiger partial charge in [0.2, 0.25) is 0 Å². The molecule has 1 aromatic heterocycles. The second-order valence-corrected chi connectivity index (χ2v) is 9.15. The van der Waals surface area contributed by atoms with Gasteiger partial charge in [0.1, 0.15) is 22.0 Å². The summed E-state index contributed by atoms with van der Waals surface area (Å²) in [4.78, 5) is 27.0. The van der Waals surface area contributed by atoms with Gasteiger partial charge in [0.25, 0.3) is 11.5 Å². The lowest BCUT2D eigenvalue weighted by Crippen LogP contribution is -2.42. The molecule has 8 nitrogen and oxygen atoms in total. The number of nitriles is 1. The minimum Gasteiger partial charge on any atom is -0.497 e. The van der Waals surface area contributed by atoms with Gasteiger partial charge < -0.3 is 20.5 Å². The highest BCUT2D eigenvalue weighted by Gasteiger charge is 2.35. The van der Waals surface area contributed by atoms with Crippen molar-refractivity contribution >= 4 is 34.7 Å². The molecule has 2 heterocycles. The summed E-state index contributed by atoms with van der Waals surface area (Å²) in [7, 11) is 3.12. The van der Waals surface area contributed by atoms with Crippen molar-refractivity contribution in [3.05, 3.63) is 84.8 Å². The molecular formula is C27H26N4O4S. The van der Waals surface area contributed by atoms with Crippen molar-refractivity contribution in [2.24, 2.45) is 5.73 Å². The maximum Gasteiger partial charge on any atom is 0.274 e. The van der Waals surface area contributed by atoms with Crippen LogP contribution in [0.5, 0.6) is 11.5 Å². The van der Waals surface area contributed by atoms with Crippen molar-refractivity contribution in [3.63, 3.8) is 0 Å². The van der Waals surface area contributed by atoms with Crippen LogP contribution in [0, 0.1) is 11.3 Å². The maximum absolute atomic E-state index is 13.5. The number of methoxy groups -OCH3 is 2. The van der Waals surface area contributed by atoms with E-state index in [4.69, 9.17) is 15.2 Å². The van der Waals surface area contributed by atoms with Crippen LogP contribution in [0.1, 0.15) is 30.4 Å². The average Bonchev–Trinajstić information content (AvgIpc) is 3.22. The number of hydrogen-bond donors (Lipinski definition) is 2. The largest absolute Gasteiger partial charge is 0.497 e. The molecule has 1 atom stereocenters. The second-order valence-electron chi connectivity index (χ2n) is 8.12. The van der Waals surface area contributed by atoms with Crippen molar-refractivity contribution in [2.75, 3.05) is 20.8 Å². The first-order chi connectivity index (χ1) is 17.4. The molecule has 0 radical (unpaired) electrons. The SMILES string of the molecule is CCCNC(=O)C1=c2s/c(=C/c3cccc(OC)c3)c(=O)n2C(N)=C(C#N)C1c1cccc(OC)c1. The first-order valence-corrected chi connectivity index (χ1v) is 12.2. The molecule has 0 aliphatic carbocycles. The summed E-state index contributed by atoms with van der Waals surface area (Å²) in [6.07, 6.45) is 2.46. The normalized spacial score (nSPS) is 15.3. The molecule has 0 spiro atoms. The van der Waals surface area contributed by atoms with E-state index in [1.54, 1.807) is 44.6 Å². The van der Waals surface area contributed by atoms with E-state index in [-0.39, 0.29) is 17.3 Å². The van der Waals surface area contributed by atoms with Crippen LogP contribution in [0.3, 0.4) is 0 Å². The van der Waals surface area contributed by atoms with Gasteiger partial charge in [0, 0.05) is 6.54 Å². The van der Waals surface area contributed by atoms with E-state index in [1.807, 2.05) is 31.2 Å². The van der Waals surface area contributed by atoms with Crippen LogP contribution in [0.4, 0.5) is 0 Å². The number of fused-ring (bicyclic) bond motifs is 1. The molecule has 1 aliphatic rings. The number of allylic oxidation sites excluding steroid dienone is 1. The summed E-state index contributed by atoms with van der Waals surface area (Å²) < 4.78 is 12.7. The highest BCUT2D eigenvalue weighted by Crippen LogP contribution is 2.37. The third kappa shape index (κ3) is 4.51. The Hall–Kier alpha value is -4.29. The third-order valence-corrected chi connectivity index (χ3v) is 6.98. The van der Waals surface area contributed by atoms with Crippen molar-refractivity contribution in [1.29, 1.82) is 5.26 Å². The minimum atomic E-state index is -0.760. The van der Waals surface area contributed by atoms with E-state index in [9.17, 15) is 14.9 Å². The Kier molecular flexibility index (Phi) is 7.27. The van der Waals surface area contributed by atoms with Gasteiger partial charge in [-0.05, 0) is 47.9 Å². The number of aromatic nitrogens is 1. The smallest absolute Gasteiger partial charge is 0.274 e. The van der Waals surface area contributed by atoms with E-state index >= 15 is 0 Å². The van der Waals surface area contributed by atoms with Crippen molar-refractivity contribution in [3.8, 4) is 17.6 Å². The Morgan fingerprint density at radius 3 is 2.56 bits per heavy atom. The van der Waals surface area contributed by atoms with Crippen molar-refractivity contribution in [1.82, 2.24) is 9.88 Å². The zero-order valence-electron chi connectivity index (χ0n) is 20.2. The highest BCUT2D eigenvalue weighted by atomic mass is 32.1. The molecule has 0 bridgehead atoms. The molecule has 0 saturated carbocycles. The topological polar surface area (TPSA) is 119 Å². The number of carbonyl (C=O) groups is 1. The molecule has 3 aromatic rings. The number of amides is 1. The van der Waals surface area contributed by atoms with Crippen LogP contribution >= 0.6 is 11.3 Å². The number of benzene rings is 2. The molecule has 3 N–H and O–H groups in total. The highest BCUT2D eigenvalue weighted by molar-refractivity contribution is 7.07. The Bertz CT molecular complexity index is 1580. The van der Waals surface area contributed by atoms with E-state index in [0.717, 1.165) is 12.0 Å². The molecule has 2 aromatic carbocycles. The molecule has 1 amide bonds. The number of nitrogens with two attached hydrogens (primary N) is 1. The number of rotatable bonds is 7. The third-order valence-electron chi connectivity index (χ3n) is 5.87. The van der Waals surface area contributed by atoms with E-state index in [1.165, 1.54) is 15.9 Å². The maximum atomic E-state index is 13.5. The lowest BCUT2D eigenvalue weighted by atomic mass is 9.83. The van der Waals surface area contributed by atoms with Gasteiger partial charge in [-0.3, -0.25) is 14.2 Å². The van der Waals surface area contributed by atoms with Crippen LogP contribution in [-0.2, 0) is 4.79 Å². The molecular weight excluding hydrogens is 476 g/mol. The van der Waals surface area contributed by atoms with Crippen molar-refractivity contribution in [2.45, 2.75) is 19.3 Å². The van der Waals surface area contributed by atoms with Crippen LogP contribution < -0.4 is 35.3 Å². The van der Waals surface area contributed by atoms with E-state index < -0.39 is 11.5 Å². The molecule has 9 heteroatoms. The summed E-state index contributed by atoms with van der Waals surface area (Å²) in [5, 5.41) is 13.0. The Morgan fingerprint density at radius 1 is 1.19 bits per heavy atom. The van der Waals surface area contributed by atoms with E-state index in [0.29, 0.717) is 38.4 Å². The van der Waals surface area contributed by atoms with Gasteiger partial charge in [-0.1, -0.05) is 31.2 Å². The Balaban J connectivity index is 2.06. The number of nitrogens with zero attached hydrogens (tertiary/aromatic N) is 2. The number of ether oxygens (including phenoxy) is 2. The van der Waals surface area contributed by atoms with Gasteiger partial charge in [0.15, 0.2) is 0 Å². The fourth-order valence-electron chi connectivity index (χ4n) is 4.14. The predicted molar refractivity (Wildman–Crippen MR) is 140 cm³/mol. The quantitative estimate of drug-likeness (QED) is 0.509.